The van der Waals surface area contributed by atoms with Crippen LogP contribution in [0.4, 0.5) is 0 Å². The van der Waals surface area contributed by atoms with Crippen molar-refractivity contribution in [3.8, 4) is 0 Å². The van der Waals surface area contributed by atoms with E-state index in [0.717, 1.165) is 43.8 Å². The molecule has 1 aromatic carbocycles. The number of amides is 1. The van der Waals surface area contributed by atoms with Crippen LogP contribution in [-0.4, -0.2) is 47.0 Å². The van der Waals surface area contributed by atoms with Crippen LogP contribution in [-0.2, 0) is 4.79 Å². The molecule has 0 bridgehead atoms. The number of likely N-dealkylation sites (tertiary alicyclic amines) is 1. The molecule has 1 N–H and O–H groups in total. The molecule has 2 atom stereocenters. The molecule has 0 saturated carbocycles. The number of piperidine rings is 1. The third-order valence-corrected chi connectivity index (χ3v) is 5.17. The van der Waals surface area contributed by atoms with Gasteiger partial charge in [0.2, 0.25) is 5.91 Å². The molecular formula is C20H30N4O. The van der Waals surface area contributed by atoms with E-state index < -0.39 is 0 Å². The van der Waals surface area contributed by atoms with Crippen LogP contribution in [0.5, 0.6) is 0 Å². The zero-order valence-electron chi connectivity index (χ0n) is 15.8. The average molecular weight is 342 g/mol. The van der Waals surface area contributed by atoms with E-state index in [-0.39, 0.29) is 11.8 Å². The number of carbonyl (C=O) groups excluding carboxylic acids is 1. The highest BCUT2D eigenvalue weighted by Gasteiger charge is 2.30. The van der Waals surface area contributed by atoms with Crippen molar-refractivity contribution in [2.75, 3.05) is 26.7 Å². The minimum Gasteiger partial charge on any atom is -0.342 e. The average Bonchev–Trinajstić information content (AvgIpc) is 3.01. The maximum absolute atomic E-state index is 12.7. The normalized spacial score (nSPS) is 19.6. The minimum atomic E-state index is 0.0210. The van der Waals surface area contributed by atoms with Crippen molar-refractivity contribution in [2.24, 2.45) is 5.92 Å². The fourth-order valence-corrected chi connectivity index (χ4v) is 3.99. The van der Waals surface area contributed by atoms with Crippen LogP contribution in [0.3, 0.4) is 0 Å². The number of benzene rings is 1. The van der Waals surface area contributed by atoms with Crippen LogP contribution in [0, 0.1) is 5.92 Å². The molecule has 5 heteroatoms. The fraction of sp³-hybridized carbons (Fsp3) is 0.600. The predicted octanol–water partition coefficient (Wildman–Crippen LogP) is 3.18. The quantitative estimate of drug-likeness (QED) is 0.908. The summed E-state index contributed by atoms with van der Waals surface area (Å²) in [5, 5.41) is 3.11. The molecule has 0 spiro atoms. The Labute approximate surface area is 150 Å². The Kier molecular flexibility index (Phi) is 5.42. The maximum Gasteiger partial charge on any atom is 0.226 e. The third-order valence-electron chi connectivity index (χ3n) is 5.17. The van der Waals surface area contributed by atoms with Gasteiger partial charge in [0, 0.05) is 37.5 Å². The zero-order valence-corrected chi connectivity index (χ0v) is 15.8. The molecule has 1 fully saturated rings. The summed E-state index contributed by atoms with van der Waals surface area (Å²) in [6.07, 6.45) is 2.14. The molecule has 1 saturated heterocycles. The largest absolute Gasteiger partial charge is 0.342 e. The molecule has 1 aliphatic rings. The van der Waals surface area contributed by atoms with Gasteiger partial charge in [-0.25, -0.2) is 4.98 Å². The molecule has 0 aliphatic carbocycles. The Morgan fingerprint density at radius 1 is 1.32 bits per heavy atom. The van der Waals surface area contributed by atoms with Crippen LogP contribution < -0.4 is 5.32 Å². The fourth-order valence-electron chi connectivity index (χ4n) is 3.99. The molecule has 5 nitrogen and oxygen atoms in total. The lowest BCUT2D eigenvalue weighted by atomic mass is 9.95. The van der Waals surface area contributed by atoms with Crippen molar-refractivity contribution in [2.45, 2.75) is 45.6 Å². The standard InChI is InChI=1S/C20H30N4O/c1-14(2)24-18-10-6-5-9-17(18)22-19(24)16-8-7-11-23(13-16)20(25)15(3)12-21-4/h5-6,9-10,14-16,21H,7-8,11-13H2,1-4H3. The first kappa shape index (κ1) is 17.9. The molecule has 2 heterocycles. The van der Waals surface area contributed by atoms with Crippen molar-refractivity contribution < 1.29 is 4.79 Å². The number of rotatable bonds is 5. The van der Waals surface area contributed by atoms with Crippen LogP contribution in [0.1, 0.15) is 51.4 Å². The van der Waals surface area contributed by atoms with Gasteiger partial charge in [-0.3, -0.25) is 4.79 Å². The Morgan fingerprint density at radius 2 is 2.08 bits per heavy atom. The number of carbonyl (C=O) groups is 1. The molecule has 1 aromatic heterocycles. The van der Waals surface area contributed by atoms with E-state index in [9.17, 15) is 4.79 Å². The Hall–Kier alpha value is -1.88. The van der Waals surface area contributed by atoms with E-state index >= 15 is 0 Å². The third kappa shape index (κ3) is 3.56. The molecule has 136 valence electrons. The summed E-state index contributed by atoms with van der Waals surface area (Å²) in [5.41, 5.74) is 2.25. The van der Waals surface area contributed by atoms with Gasteiger partial charge in [-0.05, 0) is 45.9 Å². The maximum atomic E-state index is 12.7. The van der Waals surface area contributed by atoms with Crippen LogP contribution in [0.2, 0.25) is 0 Å². The van der Waals surface area contributed by atoms with Crippen LogP contribution in [0.25, 0.3) is 11.0 Å². The highest BCUT2D eigenvalue weighted by Crippen LogP contribution is 2.31. The number of hydrogen-bond donors (Lipinski definition) is 1. The zero-order chi connectivity index (χ0) is 18.0. The van der Waals surface area contributed by atoms with Crippen LogP contribution >= 0.6 is 0 Å². The number of imidazole rings is 1. The van der Waals surface area contributed by atoms with E-state index in [0.29, 0.717) is 12.0 Å². The van der Waals surface area contributed by atoms with Gasteiger partial charge in [-0.1, -0.05) is 19.1 Å². The summed E-state index contributed by atoms with van der Waals surface area (Å²) in [5.74, 6) is 1.73. The Bertz CT molecular complexity index is 736. The number of nitrogens with zero attached hydrogens (tertiary/aromatic N) is 3. The van der Waals surface area contributed by atoms with Gasteiger partial charge >= 0.3 is 0 Å². The molecule has 1 aliphatic heterocycles. The topological polar surface area (TPSA) is 50.2 Å². The van der Waals surface area contributed by atoms with E-state index in [1.54, 1.807) is 0 Å². The molecule has 1 amide bonds. The smallest absolute Gasteiger partial charge is 0.226 e. The molecule has 25 heavy (non-hydrogen) atoms. The summed E-state index contributed by atoms with van der Waals surface area (Å²) in [4.78, 5) is 19.7. The van der Waals surface area contributed by atoms with Crippen LogP contribution in [0.15, 0.2) is 24.3 Å². The first-order chi connectivity index (χ1) is 12.0. The van der Waals surface area contributed by atoms with Crippen molar-refractivity contribution in [1.29, 1.82) is 0 Å². The number of fused-ring (bicyclic) bond motifs is 1. The lowest BCUT2D eigenvalue weighted by Gasteiger charge is -2.34. The van der Waals surface area contributed by atoms with Gasteiger partial charge in [0.05, 0.1) is 11.0 Å². The minimum absolute atomic E-state index is 0.0210. The van der Waals surface area contributed by atoms with E-state index in [1.807, 2.05) is 24.9 Å². The summed E-state index contributed by atoms with van der Waals surface area (Å²) in [6, 6.07) is 8.70. The van der Waals surface area contributed by atoms with Gasteiger partial charge in [-0.15, -0.1) is 0 Å². The molecule has 3 rings (SSSR count). The number of hydrogen-bond acceptors (Lipinski definition) is 3. The SMILES string of the molecule is CNCC(C)C(=O)N1CCCC(c2nc3ccccc3n2C(C)C)C1. The predicted molar refractivity (Wildman–Crippen MR) is 102 cm³/mol. The van der Waals surface area contributed by atoms with E-state index in [4.69, 9.17) is 4.98 Å². The number of nitrogens with one attached hydrogen (secondary N) is 1. The van der Waals surface area contributed by atoms with E-state index in [1.165, 1.54) is 5.52 Å². The van der Waals surface area contributed by atoms with Gasteiger partial charge in [0.1, 0.15) is 5.82 Å². The highest BCUT2D eigenvalue weighted by atomic mass is 16.2. The van der Waals surface area contributed by atoms with Crippen molar-refractivity contribution >= 4 is 16.9 Å². The molecule has 2 unspecified atom stereocenters. The monoisotopic (exact) mass is 342 g/mol. The summed E-state index contributed by atoms with van der Waals surface area (Å²) < 4.78 is 2.35. The summed E-state index contributed by atoms with van der Waals surface area (Å²) >= 11 is 0. The second kappa shape index (κ2) is 7.56. The van der Waals surface area contributed by atoms with Crippen molar-refractivity contribution in [3.63, 3.8) is 0 Å². The number of aromatic nitrogens is 2. The van der Waals surface area contributed by atoms with E-state index in [2.05, 4.69) is 41.9 Å². The molecular weight excluding hydrogens is 312 g/mol. The molecule has 0 radical (unpaired) electrons. The second-order valence-electron chi connectivity index (χ2n) is 7.50. The highest BCUT2D eigenvalue weighted by molar-refractivity contribution is 5.79. The van der Waals surface area contributed by atoms with Gasteiger partial charge in [-0.2, -0.15) is 0 Å². The van der Waals surface area contributed by atoms with Crippen molar-refractivity contribution in [3.05, 3.63) is 30.1 Å². The Morgan fingerprint density at radius 3 is 2.80 bits per heavy atom. The summed E-state index contributed by atoms with van der Waals surface area (Å²) in [7, 11) is 1.90. The number of para-hydroxylation sites is 2. The van der Waals surface area contributed by atoms with Gasteiger partial charge < -0.3 is 14.8 Å². The van der Waals surface area contributed by atoms with Gasteiger partial charge in [0.15, 0.2) is 0 Å². The first-order valence-electron chi connectivity index (χ1n) is 9.43. The summed E-state index contributed by atoms with van der Waals surface area (Å²) in [6.45, 7) is 8.79. The molecule has 2 aromatic rings. The lowest BCUT2D eigenvalue weighted by molar-refractivity contribution is -0.136. The lowest BCUT2D eigenvalue weighted by Crippen LogP contribution is -2.44. The first-order valence-corrected chi connectivity index (χ1v) is 9.43. The Balaban J connectivity index is 1.88. The van der Waals surface area contributed by atoms with Gasteiger partial charge in [0.25, 0.3) is 0 Å². The van der Waals surface area contributed by atoms with Crippen molar-refractivity contribution in [1.82, 2.24) is 19.8 Å². The second-order valence-corrected chi connectivity index (χ2v) is 7.50.